The number of allylic oxidation sites excluding steroid dienone is 1. The maximum Gasteiger partial charge on any atom is 0.0519 e. The average Bonchev–Trinajstić information content (AvgIpc) is 1.91. The van der Waals surface area contributed by atoms with E-state index in [0.29, 0.717) is 0 Å². The van der Waals surface area contributed by atoms with Gasteiger partial charge in [0.05, 0.1) is 5.70 Å². The Morgan fingerprint density at radius 3 is 2.00 bits per heavy atom. The summed E-state index contributed by atoms with van der Waals surface area (Å²) >= 11 is 0. The van der Waals surface area contributed by atoms with E-state index in [4.69, 9.17) is 5.73 Å². The highest BCUT2D eigenvalue weighted by molar-refractivity contribution is 5.27. The van der Waals surface area contributed by atoms with Crippen molar-refractivity contribution < 1.29 is 0 Å². The fourth-order valence-electron chi connectivity index (χ4n) is 0.0527. The molecule has 0 radical (unpaired) electrons. The second-order valence-electron chi connectivity index (χ2n) is 0.966. The molecule has 0 aromatic rings. The second-order valence-corrected chi connectivity index (χ2v) is 0.966. The van der Waals surface area contributed by atoms with Crippen LogP contribution in [0.2, 0.25) is 0 Å². The molecule has 0 rings (SSSR count). The Labute approximate surface area is 51.1 Å². The molecule has 2 nitrogen and oxygen atoms in total. The molecule has 8 heavy (non-hydrogen) atoms. The van der Waals surface area contributed by atoms with Gasteiger partial charge in [0.15, 0.2) is 0 Å². The quantitative estimate of drug-likeness (QED) is 0.516. The minimum absolute atomic E-state index is 0.759. The normalized spacial score (nSPS) is 9.12. The summed E-state index contributed by atoms with van der Waals surface area (Å²) in [6, 6.07) is 0. The Kier molecular flexibility index (Phi) is 12.2. The van der Waals surface area contributed by atoms with E-state index in [2.05, 4.69) is 11.7 Å². The summed E-state index contributed by atoms with van der Waals surface area (Å²) < 4.78 is 0. The zero-order valence-electron chi connectivity index (χ0n) is 5.81. The second kappa shape index (κ2) is 9.51. The van der Waals surface area contributed by atoms with E-state index in [0.717, 1.165) is 5.70 Å². The van der Waals surface area contributed by atoms with Crippen molar-refractivity contribution in [3.8, 4) is 0 Å². The minimum Gasteiger partial charge on any atom is -0.403 e. The van der Waals surface area contributed by atoms with E-state index in [1.54, 1.807) is 6.92 Å². The fourth-order valence-corrected chi connectivity index (χ4v) is 0.0527. The van der Waals surface area contributed by atoms with Crippen LogP contribution in [0, 0.1) is 0 Å². The predicted molar refractivity (Wildman–Crippen MR) is 38.8 cm³/mol. The lowest BCUT2D eigenvalue weighted by Crippen LogP contribution is -1.78. The molecule has 0 fully saturated rings. The van der Waals surface area contributed by atoms with Crippen LogP contribution in [0.3, 0.4) is 0 Å². The highest BCUT2D eigenvalue weighted by Gasteiger charge is 1.68. The van der Waals surface area contributed by atoms with E-state index in [1.165, 1.54) is 6.20 Å². The van der Waals surface area contributed by atoms with Crippen LogP contribution in [0.15, 0.2) is 16.9 Å². The highest BCUT2D eigenvalue weighted by atomic mass is 14.7. The molecule has 0 unspecified atom stereocenters. The molecule has 0 aliphatic heterocycles. The maximum atomic E-state index is 4.99. The van der Waals surface area contributed by atoms with Crippen LogP contribution in [0.25, 0.3) is 0 Å². The van der Waals surface area contributed by atoms with Gasteiger partial charge in [-0.3, -0.25) is 4.99 Å². The van der Waals surface area contributed by atoms with E-state index < -0.39 is 0 Å². The van der Waals surface area contributed by atoms with Gasteiger partial charge in [0.1, 0.15) is 0 Å². The molecule has 0 aromatic heterocycles. The van der Waals surface area contributed by atoms with E-state index in [-0.39, 0.29) is 0 Å². The standard InChI is InChI=1S/C4H8N2.C2H6/c1-4(3-5)6-2;1-2/h3H,2,5H2,1H3;1-2H3/b4-3-;. The molecular weight excluding hydrogens is 100 g/mol. The third kappa shape index (κ3) is 8.96. The average molecular weight is 114 g/mol. The van der Waals surface area contributed by atoms with Crippen LogP contribution >= 0.6 is 0 Å². The molecule has 0 aromatic carbocycles. The Balaban J connectivity index is 0. The van der Waals surface area contributed by atoms with Crippen molar-refractivity contribution in [3.05, 3.63) is 11.9 Å². The SMILES string of the molecule is C=N/C(C)=C\N.CC. The smallest absolute Gasteiger partial charge is 0.0519 e. The summed E-state index contributed by atoms with van der Waals surface area (Å²) in [5.74, 6) is 0. The maximum absolute atomic E-state index is 4.99. The number of hydrogen-bond donors (Lipinski definition) is 1. The van der Waals surface area contributed by atoms with Gasteiger partial charge in [0.2, 0.25) is 0 Å². The molecule has 2 heteroatoms. The summed E-state index contributed by atoms with van der Waals surface area (Å²) in [6.45, 7) is 9.02. The van der Waals surface area contributed by atoms with Gasteiger partial charge >= 0.3 is 0 Å². The van der Waals surface area contributed by atoms with Crippen LogP contribution in [0.4, 0.5) is 0 Å². The molecule has 0 saturated heterocycles. The molecule has 0 spiro atoms. The van der Waals surface area contributed by atoms with Gasteiger partial charge < -0.3 is 5.73 Å². The van der Waals surface area contributed by atoms with Crippen LogP contribution in [0.5, 0.6) is 0 Å². The number of rotatable bonds is 1. The molecule has 0 aliphatic rings. The molecule has 0 saturated carbocycles. The van der Waals surface area contributed by atoms with Crippen molar-refractivity contribution in [1.82, 2.24) is 0 Å². The van der Waals surface area contributed by atoms with Crippen molar-refractivity contribution in [3.63, 3.8) is 0 Å². The van der Waals surface area contributed by atoms with Gasteiger partial charge in [-0.15, -0.1) is 0 Å². The lowest BCUT2D eigenvalue weighted by Gasteiger charge is -1.79. The third-order valence-electron chi connectivity index (χ3n) is 0.491. The lowest BCUT2D eigenvalue weighted by atomic mass is 10.6. The first-order valence-corrected chi connectivity index (χ1v) is 2.66. The number of nitrogens with zero attached hydrogens (tertiary/aromatic N) is 1. The summed E-state index contributed by atoms with van der Waals surface area (Å²) in [5, 5.41) is 0. The van der Waals surface area contributed by atoms with Crippen LogP contribution in [-0.2, 0) is 0 Å². The van der Waals surface area contributed by atoms with Crippen LogP contribution in [0.1, 0.15) is 20.8 Å². The summed E-state index contributed by atoms with van der Waals surface area (Å²) in [5.41, 5.74) is 5.75. The van der Waals surface area contributed by atoms with Crippen molar-refractivity contribution in [1.29, 1.82) is 0 Å². The zero-order chi connectivity index (χ0) is 6.99. The van der Waals surface area contributed by atoms with Gasteiger partial charge in [-0.1, -0.05) is 13.8 Å². The highest BCUT2D eigenvalue weighted by Crippen LogP contribution is 1.83. The first-order valence-electron chi connectivity index (χ1n) is 2.66. The topological polar surface area (TPSA) is 38.4 Å². The molecule has 0 amide bonds. The van der Waals surface area contributed by atoms with Crippen molar-refractivity contribution in [2.45, 2.75) is 20.8 Å². The zero-order valence-corrected chi connectivity index (χ0v) is 5.81. The van der Waals surface area contributed by atoms with Crippen molar-refractivity contribution in [2.75, 3.05) is 0 Å². The van der Waals surface area contributed by atoms with Crippen LogP contribution < -0.4 is 5.73 Å². The van der Waals surface area contributed by atoms with Gasteiger partial charge in [-0.05, 0) is 13.6 Å². The largest absolute Gasteiger partial charge is 0.403 e. The summed E-state index contributed by atoms with van der Waals surface area (Å²) in [6.07, 6.45) is 1.41. The van der Waals surface area contributed by atoms with E-state index >= 15 is 0 Å². The summed E-state index contributed by atoms with van der Waals surface area (Å²) in [4.78, 5) is 3.49. The number of aliphatic imine (C=N–C) groups is 1. The van der Waals surface area contributed by atoms with Crippen LogP contribution in [-0.4, -0.2) is 6.72 Å². The van der Waals surface area contributed by atoms with Gasteiger partial charge in [0.25, 0.3) is 0 Å². The predicted octanol–water partition coefficient (Wildman–Crippen LogP) is 1.53. The van der Waals surface area contributed by atoms with E-state index in [1.807, 2.05) is 13.8 Å². The molecule has 0 bridgehead atoms. The molecule has 0 aliphatic carbocycles. The number of nitrogens with two attached hydrogens (primary N) is 1. The Morgan fingerprint density at radius 1 is 1.62 bits per heavy atom. The first-order chi connectivity index (χ1) is 3.81. The van der Waals surface area contributed by atoms with E-state index in [9.17, 15) is 0 Å². The third-order valence-corrected chi connectivity index (χ3v) is 0.491. The van der Waals surface area contributed by atoms with Gasteiger partial charge in [-0.25, -0.2) is 0 Å². The molecular formula is C6H14N2. The minimum atomic E-state index is 0.759. The Hall–Kier alpha value is -0.790. The summed E-state index contributed by atoms with van der Waals surface area (Å²) in [7, 11) is 0. The van der Waals surface area contributed by atoms with Gasteiger partial charge in [0, 0.05) is 6.20 Å². The monoisotopic (exact) mass is 114 g/mol. The molecule has 0 heterocycles. The first kappa shape index (κ1) is 10.2. The Bertz CT molecular complexity index is 74.6. The fraction of sp³-hybridized carbons (Fsp3) is 0.500. The lowest BCUT2D eigenvalue weighted by molar-refractivity contribution is 1.29. The van der Waals surface area contributed by atoms with Crippen molar-refractivity contribution >= 4 is 6.72 Å². The van der Waals surface area contributed by atoms with Gasteiger partial charge in [-0.2, -0.15) is 0 Å². The molecule has 48 valence electrons. The Morgan fingerprint density at radius 2 is 2.00 bits per heavy atom. The number of hydrogen-bond acceptors (Lipinski definition) is 2. The molecule has 2 N–H and O–H groups in total. The van der Waals surface area contributed by atoms with Crippen molar-refractivity contribution in [2.24, 2.45) is 10.7 Å². The molecule has 0 atom stereocenters.